The smallest absolute Gasteiger partial charge is 0.219 e. The predicted octanol–water partition coefficient (Wildman–Crippen LogP) is 4.50. The maximum Gasteiger partial charge on any atom is 0.219 e. The molecule has 2 saturated heterocycles. The van der Waals surface area contributed by atoms with Crippen LogP contribution in [0.15, 0.2) is 0 Å². The highest BCUT2D eigenvalue weighted by Crippen LogP contribution is 2.50. The van der Waals surface area contributed by atoms with Gasteiger partial charge in [-0.15, -0.1) is 0 Å². The SMILES string of the molecule is COC[C@@H]1[C@@H](C2CCC(C3CCCC(C)C3C)CC2)C2CN(S(=O)(=O)C3CCC(N)CC3OC)CCCCN21. The normalized spacial score (nSPS) is 45.1. The maximum atomic E-state index is 14.1. The van der Waals surface area contributed by atoms with Gasteiger partial charge in [0, 0.05) is 45.4 Å². The van der Waals surface area contributed by atoms with E-state index in [9.17, 15) is 8.42 Å². The van der Waals surface area contributed by atoms with Gasteiger partial charge >= 0.3 is 0 Å². The number of fused-ring (bicyclic) bond motifs is 1. The molecule has 7 nitrogen and oxygen atoms in total. The van der Waals surface area contributed by atoms with Crippen molar-refractivity contribution in [1.82, 2.24) is 9.21 Å². The largest absolute Gasteiger partial charge is 0.383 e. The standard InChI is InChI=1S/C31H57N3O4S/c1-21-8-7-9-26(22(21)2)23-10-12-24(13-11-23)31-27-19-33(16-5-6-17-34(27)28(31)20-37-3)39(35,36)30-15-14-25(32)18-29(30)38-4/h21-31H,5-20,32H2,1-4H3/t21?,22?,23?,24?,25?,26?,27?,28-,29?,30?,31+/m1/s1. The van der Waals surface area contributed by atoms with E-state index >= 15 is 0 Å². The molecule has 2 aliphatic heterocycles. The van der Waals surface area contributed by atoms with E-state index in [4.69, 9.17) is 15.2 Å². The minimum absolute atomic E-state index is 0.0324. The molecular weight excluding hydrogens is 510 g/mol. The molecule has 3 aliphatic carbocycles. The van der Waals surface area contributed by atoms with Crippen LogP contribution in [0.3, 0.4) is 0 Å². The molecule has 7 unspecified atom stereocenters. The van der Waals surface area contributed by atoms with Crippen molar-refractivity contribution in [2.24, 2.45) is 41.2 Å². The summed E-state index contributed by atoms with van der Waals surface area (Å²) in [7, 11) is 0.0119. The molecule has 8 heteroatoms. The molecule has 2 heterocycles. The van der Waals surface area contributed by atoms with E-state index in [-0.39, 0.29) is 12.1 Å². The van der Waals surface area contributed by atoms with E-state index in [0.29, 0.717) is 49.9 Å². The highest BCUT2D eigenvalue weighted by atomic mass is 32.2. The Hall–Kier alpha value is -0.250. The van der Waals surface area contributed by atoms with Crippen LogP contribution in [-0.2, 0) is 19.5 Å². The number of nitrogens with two attached hydrogens (primary N) is 1. The van der Waals surface area contributed by atoms with Crippen LogP contribution >= 0.6 is 0 Å². The summed E-state index contributed by atoms with van der Waals surface area (Å²) in [6.07, 6.45) is 13.2. The zero-order valence-electron chi connectivity index (χ0n) is 25.2. The van der Waals surface area contributed by atoms with Gasteiger partial charge in [0.25, 0.3) is 0 Å². The molecule has 0 amide bonds. The quantitative estimate of drug-likeness (QED) is 0.488. The molecule has 0 spiro atoms. The molecule has 0 radical (unpaired) electrons. The third-order valence-electron chi connectivity index (χ3n) is 12.1. The summed E-state index contributed by atoms with van der Waals surface area (Å²) < 4.78 is 41.5. The highest BCUT2D eigenvalue weighted by Gasteiger charge is 2.54. The Bertz CT molecular complexity index is 894. The van der Waals surface area contributed by atoms with Crippen LogP contribution < -0.4 is 5.73 Å². The second kappa shape index (κ2) is 12.9. The number of ether oxygens (including phenoxy) is 2. The summed E-state index contributed by atoms with van der Waals surface area (Å²) in [5.41, 5.74) is 6.19. The van der Waals surface area contributed by atoms with Crippen LogP contribution in [0.5, 0.6) is 0 Å². The molecule has 0 bridgehead atoms. The number of hydrogen-bond donors (Lipinski definition) is 1. The van der Waals surface area contributed by atoms with Gasteiger partial charge in [-0.05, 0) is 106 Å². The Balaban J connectivity index is 1.29. The fourth-order valence-corrected chi connectivity index (χ4v) is 11.8. The van der Waals surface area contributed by atoms with Crippen LogP contribution in [0, 0.1) is 35.5 Å². The lowest BCUT2D eigenvalue weighted by Gasteiger charge is -2.60. The number of rotatable bonds is 7. The van der Waals surface area contributed by atoms with Gasteiger partial charge in [0.1, 0.15) is 5.25 Å². The molecule has 5 aliphatic rings. The molecule has 9 atom stereocenters. The number of methoxy groups -OCH3 is 2. The average Bonchev–Trinajstić information content (AvgIpc) is 2.91. The molecule has 5 rings (SSSR count). The van der Waals surface area contributed by atoms with Gasteiger partial charge in [-0.2, -0.15) is 0 Å². The fourth-order valence-electron chi connectivity index (χ4n) is 9.68. The van der Waals surface area contributed by atoms with E-state index in [1.54, 1.807) is 7.11 Å². The van der Waals surface area contributed by atoms with E-state index in [2.05, 4.69) is 18.7 Å². The van der Waals surface area contributed by atoms with Gasteiger partial charge in [-0.1, -0.05) is 26.7 Å². The summed E-state index contributed by atoms with van der Waals surface area (Å²) in [6.45, 7) is 8.07. The Labute approximate surface area is 239 Å². The number of nitrogens with zero attached hydrogens (tertiary/aromatic N) is 2. The topological polar surface area (TPSA) is 85.1 Å². The van der Waals surface area contributed by atoms with Crippen molar-refractivity contribution in [2.45, 2.75) is 120 Å². The summed E-state index contributed by atoms with van der Waals surface area (Å²) in [5, 5.41) is -0.473. The molecule has 0 aromatic carbocycles. The molecular formula is C31H57N3O4S. The average molecular weight is 568 g/mol. The van der Waals surface area contributed by atoms with Crippen LogP contribution in [0.25, 0.3) is 0 Å². The van der Waals surface area contributed by atoms with Crippen LogP contribution in [0.2, 0.25) is 0 Å². The fraction of sp³-hybridized carbons (Fsp3) is 1.00. The minimum atomic E-state index is -3.46. The van der Waals surface area contributed by atoms with Crippen molar-refractivity contribution in [3.8, 4) is 0 Å². The zero-order chi connectivity index (χ0) is 27.7. The first-order valence-electron chi connectivity index (χ1n) is 16.3. The van der Waals surface area contributed by atoms with Crippen molar-refractivity contribution >= 4 is 10.0 Å². The summed E-state index contributed by atoms with van der Waals surface area (Å²) in [5.74, 6) is 4.73. The van der Waals surface area contributed by atoms with Crippen LogP contribution in [0.1, 0.15) is 90.9 Å². The molecule has 3 saturated carbocycles. The Morgan fingerprint density at radius 2 is 1.59 bits per heavy atom. The second-order valence-electron chi connectivity index (χ2n) is 14.0. The molecule has 5 fully saturated rings. The van der Waals surface area contributed by atoms with Crippen molar-refractivity contribution < 1.29 is 17.9 Å². The Morgan fingerprint density at radius 3 is 2.31 bits per heavy atom. The number of sulfonamides is 1. The number of hydrogen-bond acceptors (Lipinski definition) is 6. The zero-order valence-corrected chi connectivity index (χ0v) is 26.0. The molecule has 0 aromatic rings. The first-order valence-corrected chi connectivity index (χ1v) is 17.8. The Morgan fingerprint density at radius 1 is 0.872 bits per heavy atom. The van der Waals surface area contributed by atoms with Gasteiger partial charge in [0.15, 0.2) is 0 Å². The van der Waals surface area contributed by atoms with Gasteiger partial charge in [0.2, 0.25) is 10.0 Å². The van der Waals surface area contributed by atoms with Gasteiger partial charge in [-0.3, -0.25) is 4.90 Å². The van der Waals surface area contributed by atoms with E-state index in [1.807, 2.05) is 11.4 Å². The summed E-state index contributed by atoms with van der Waals surface area (Å²) in [4.78, 5) is 2.61. The molecule has 2 N–H and O–H groups in total. The van der Waals surface area contributed by atoms with Gasteiger partial charge < -0.3 is 15.2 Å². The predicted molar refractivity (Wildman–Crippen MR) is 157 cm³/mol. The summed E-state index contributed by atoms with van der Waals surface area (Å²) in [6, 6.07) is 0.768. The second-order valence-corrected chi connectivity index (χ2v) is 16.2. The summed E-state index contributed by atoms with van der Waals surface area (Å²) >= 11 is 0. The van der Waals surface area contributed by atoms with Crippen molar-refractivity contribution in [3.63, 3.8) is 0 Å². The van der Waals surface area contributed by atoms with Crippen molar-refractivity contribution in [3.05, 3.63) is 0 Å². The van der Waals surface area contributed by atoms with Crippen LogP contribution in [-0.4, -0.2) is 87.6 Å². The third kappa shape index (κ3) is 6.13. The highest BCUT2D eigenvalue weighted by molar-refractivity contribution is 7.89. The lowest BCUT2D eigenvalue weighted by Crippen LogP contribution is -2.71. The molecule has 0 aromatic heterocycles. The van der Waals surface area contributed by atoms with Gasteiger partial charge in [-0.25, -0.2) is 12.7 Å². The van der Waals surface area contributed by atoms with Crippen molar-refractivity contribution in [2.75, 3.05) is 40.5 Å². The molecule has 226 valence electrons. The van der Waals surface area contributed by atoms with E-state index in [1.165, 1.54) is 44.9 Å². The lowest BCUT2D eigenvalue weighted by molar-refractivity contribution is -0.128. The third-order valence-corrected chi connectivity index (χ3v) is 14.5. The monoisotopic (exact) mass is 567 g/mol. The van der Waals surface area contributed by atoms with E-state index in [0.717, 1.165) is 56.1 Å². The first kappa shape index (κ1) is 30.2. The van der Waals surface area contributed by atoms with Crippen LogP contribution in [0.4, 0.5) is 0 Å². The molecule has 39 heavy (non-hydrogen) atoms. The first-order chi connectivity index (χ1) is 18.8. The maximum absolute atomic E-state index is 14.1. The minimum Gasteiger partial charge on any atom is -0.383 e. The van der Waals surface area contributed by atoms with E-state index < -0.39 is 15.3 Å². The lowest BCUT2D eigenvalue weighted by atomic mass is 9.60. The van der Waals surface area contributed by atoms with Gasteiger partial charge in [0.05, 0.1) is 12.7 Å². The van der Waals surface area contributed by atoms with Crippen molar-refractivity contribution in [1.29, 1.82) is 0 Å². The Kier molecular flexibility index (Phi) is 10.0.